The summed E-state index contributed by atoms with van der Waals surface area (Å²) in [5.74, 6) is 0.166. The zero-order valence-electron chi connectivity index (χ0n) is 9.47. The lowest BCUT2D eigenvalue weighted by Crippen LogP contribution is -3.00. The van der Waals surface area contributed by atoms with E-state index in [9.17, 15) is 4.79 Å². The molecular formula is C11H12BrNO2S2. The summed E-state index contributed by atoms with van der Waals surface area (Å²) in [6.07, 6.45) is 0. The van der Waals surface area contributed by atoms with E-state index in [-0.39, 0.29) is 23.0 Å². The fourth-order valence-corrected chi connectivity index (χ4v) is 3.60. The average molecular weight is 334 g/mol. The van der Waals surface area contributed by atoms with Gasteiger partial charge < -0.3 is 21.7 Å². The zero-order chi connectivity index (χ0) is 11.5. The molecule has 1 aromatic carbocycles. The molecule has 0 N–H and O–H groups in total. The van der Waals surface area contributed by atoms with Crippen LogP contribution in [0.2, 0.25) is 0 Å². The highest BCUT2D eigenvalue weighted by Crippen LogP contribution is 2.27. The van der Waals surface area contributed by atoms with Gasteiger partial charge in [-0.15, -0.1) is 0 Å². The SMILES string of the molecule is COC(=O)CSc1sc2ccccc2[n+]1C.[Br-]. The van der Waals surface area contributed by atoms with Crippen molar-refractivity contribution in [3.05, 3.63) is 24.3 Å². The van der Waals surface area contributed by atoms with E-state index in [4.69, 9.17) is 0 Å². The molecule has 0 aliphatic heterocycles. The highest BCUT2D eigenvalue weighted by atomic mass is 79.9. The molecule has 0 amide bonds. The normalized spacial score (nSPS) is 10.0. The van der Waals surface area contributed by atoms with Gasteiger partial charge in [0.15, 0.2) is 0 Å². The molecule has 17 heavy (non-hydrogen) atoms. The second kappa shape index (κ2) is 6.37. The number of hydrogen-bond acceptors (Lipinski definition) is 4. The number of hydrogen-bond donors (Lipinski definition) is 0. The number of fused-ring (bicyclic) bond motifs is 1. The van der Waals surface area contributed by atoms with E-state index in [2.05, 4.69) is 21.4 Å². The Morgan fingerprint density at radius 2 is 2.18 bits per heavy atom. The number of carbonyl (C=O) groups is 1. The number of benzene rings is 1. The molecule has 6 heteroatoms. The standard InChI is InChI=1S/C11H12NO2S2.BrH/c1-12-8-5-3-4-6-9(8)16-11(12)15-7-10(13)14-2;/h3-6H,7H2,1-2H3;1H/q+1;/p-1. The van der Waals surface area contributed by atoms with Crippen molar-refractivity contribution in [3.63, 3.8) is 0 Å². The Balaban J connectivity index is 0.00000144. The lowest BCUT2D eigenvalue weighted by Gasteiger charge is -1.94. The van der Waals surface area contributed by atoms with Gasteiger partial charge in [0, 0.05) is 6.07 Å². The Bertz CT molecular complexity index is 527. The predicted octanol–water partition coefficient (Wildman–Crippen LogP) is -1.01. The number of para-hydroxylation sites is 1. The first-order valence-electron chi connectivity index (χ1n) is 4.79. The van der Waals surface area contributed by atoms with Crippen molar-refractivity contribution >= 4 is 39.3 Å². The molecule has 0 unspecified atom stereocenters. The third-order valence-electron chi connectivity index (χ3n) is 2.24. The molecule has 1 aromatic heterocycles. The lowest BCUT2D eigenvalue weighted by molar-refractivity contribution is -0.676. The molecule has 2 rings (SSSR count). The Labute approximate surface area is 119 Å². The Hall–Kier alpha value is -0.590. The summed E-state index contributed by atoms with van der Waals surface area (Å²) in [7, 11) is 3.42. The first kappa shape index (κ1) is 14.5. The van der Waals surface area contributed by atoms with Gasteiger partial charge in [-0.25, -0.2) is 0 Å². The topological polar surface area (TPSA) is 30.2 Å². The van der Waals surface area contributed by atoms with Gasteiger partial charge in [-0.05, 0) is 17.8 Å². The molecule has 0 aliphatic carbocycles. The quantitative estimate of drug-likeness (QED) is 0.410. The number of aromatic nitrogens is 1. The number of methoxy groups -OCH3 is 1. The number of thioether (sulfide) groups is 1. The van der Waals surface area contributed by atoms with Crippen molar-refractivity contribution in [1.29, 1.82) is 0 Å². The minimum Gasteiger partial charge on any atom is -1.00 e. The van der Waals surface area contributed by atoms with Crippen LogP contribution in [0.5, 0.6) is 0 Å². The first-order valence-corrected chi connectivity index (χ1v) is 6.59. The molecule has 1 heterocycles. The van der Waals surface area contributed by atoms with E-state index >= 15 is 0 Å². The molecule has 2 aromatic rings. The van der Waals surface area contributed by atoms with Crippen LogP contribution >= 0.6 is 23.1 Å². The van der Waals surface area contributed by atoms with Gasteiger partial charge in [0.05, 0.1) is 7.11 Å². The molecule has 3 nitrogen and oxygen atoms in total. The number of aryl methyl sites for hydroxylation is 1. The Morgan fingerprint density at radius 1 is 1.47 bits per heavy atom. The van der Waals surface area contributed by atoms with Crippen LogP contribution in [0.15, 0.2) is 28.6 Å². The summed E-state index contributed by atoms with van der Waals surface area (Å²) in [5.41, 5.74) is 1.19. The van der Waals surface area contributed by atoms with Crippen molar-refractivity contribution in [2.75, 3.05) is 12.9 Å². The minimum absolute atomic E-state index is 0. The summed E-state index contributed by atoms with van der Waals surface area (Å²) in [5, 5.41) is 0. The van der Waals surface area contributed by atoms with E-state index in [0.29, 0.717) is 5.75 Å². The van der Waals surface area contributed by atoms with Crippen LogP contribution in [-0.4, -0.2) is 18.8 Å². The monoisotopic (exact) mass is 333 g/mol. The zero-order valence-corrected chi connectivity index (χ0v) is 12.7. The molecule has 0 atom stereocenters. The fourth-order valence-electron chi connectivity index (χ4n) is 1.39. The van der Waals surface area contributed by atoms with Crippen LogP contribution in [-0.2, 0) is 16.6 Å². The Kier molecular flexibility index (Phi) is 5.42. The van der Waals surface area contributed by atoms with E-state index in [1.54, 1.807) is 11.3 Å². The van der Waals surface area contributed by atoms with Gasteiger partial charge >= 0.3 is 5.97 Å². The van der Waals surface area contributed by atoms with Gasteiger partial charge in [0.1, 0.15) is 17.5 Å². The van der Waals surface area contributed by atoms with E-state index in [0.717, 1.165) is 4.34 Å². The molecule has 0 fully saturated rings. The highest BCUT2D eigenvalue weighted by Gasteiger charge is 2.17. The summed E-state index contributed by atoms with van der Waals surface area (Å²) in [4.78, 5) is 11.1. The van der Waals surface area contributed by atoms with Gasteiger partial charge in [-0.2, -0.15) is 4.57 Å². The van der Waals surface area contributed by atoms with Gasteiger partial charge in [-0.3, -0.25) is 4.79 Å². The maximum Gasteiger partial charge on any atom is 0.316 e. The minimum atomic E-state index is -0.192. The first-order chi connectivity index (χ1) is 7.72. The molecule has 0 bridgehead atoms. The fraction of sp³-hybridized carbons (Fsp3) is 0.273. The maximum absolute atomic E-state index is 11.1. The van der Waals surface area contributed by atoms with Crippen LogP contribution in [0.25, 0.3) is 10.2 Å². The maximum atomic E-state index is 11.1. The number of thiazole rings is 1. The molecule has 92 valence electrons. The smallest absolute Gasteiger partial charge is 0.316 e. The largest absolute Gasteiger partial charge is 1.00 e. The number of ether oxygens (including phenoxy) is 1. The molecule has 0 saturated carbocycles. The lowest BCUT2D eigenvalue weighted by atomic mass is 10.3. The van der Waals surface area contributed by atoms with Crippen LogP contribution < -0.4 is 21.5 Å². The third kappa shape index (κ3) is 3.20. The van der Waals surface area contributed by atoms with Crippen LogP contribution in [0.4, 0.5) is 0 Å². The summed E-state index contributed by atoms with van der Waals surface area (Å²) < 4.78 is 9.08. The van der Waals surface area contributed by atoms with Gasteiger partial charge in [0.2, 0.25) is 5.52 Å². The van der Waals surface area contributed by atoms with E-state index in [1.807, 2.05) is 19.2 Å². The number of esters is 1. The second-order valence-electron chi connectivity index (χ2n) is 3.26. The summed E-state index contributed by atoms with van der Waals surface area (Å²) in [6, 6.07) is 8.20. The predicted molar refractivity (Wildman–Crippen MR) is 65.7 cm³/mol. The number of nitrogens with zero attached hydrogens (tertiary/aromatic N) is 1. The highest BCUT2D eigenvalue weighted by molar-refractivity contribution is 8.01. The molecule has 0 saturated heterocycles. The van der Waals surface area contributed by atoms with Crippen LogP contribution in [0.1, 0.15) is 0 Å². The molecule has 0 aliphatic rings. The van der Waals surface area contributed by atoms with Gasteiger partial charge in [0.25, 0.3) is 4.34 Å². The summed E-state index contributed by atoms with van der Waals surface area (Å²) >= 11 is 3.21. The van der Waals surface area contributed by atoms with Crippen molar-refractivity contribution in [2.24, 2.45) is 7.05 Å². The van der Waals surface area contributed by atoms with Crippen molar-refractivity contribution in [1.82, 2.24) is 0 Å². The van der Waals surface area contributed by atoms with Crippen LogP contribution in [0, 0.1) is 0 Å². The Morgan fingerprint density at radius 3 is 2.82 bits per heavy atom. The van der Waals surface area contributed by atoms with Crippen molar-refractivity contribution in [2.45, 2.75) is 4.34 Å². The van der Waals surface area contributed by atoms with E-state index < -0.39 is 0 Å². The van der Waals surface area contributed by atoms with Gasteiger partial charge in [-0.1, -0.05) is 23.5 Å². The van der Waals surface area contributed by atoms with Crippen molar-refractivity contribution < 1.29 is 31.1 Å². The average Bonchev–Trinajstić information content (AvgIpc) is 2.64. The summed E-state index contributed by atoms with van der Waals surface area (Å²) in [6.45, 7) is 0. The second-order valence-corrected chi connectivity index (χ2v) is 5.51. The molecular weight excluding hydrogens is 322 g/mol. The number of carbonyl (C=O) groups excluding carboxylic acids is 1. The number of rotatable bonds is 3. The van der Waals surface area contributed by atoms with Crippen LogP contribution in [0.3, 0.4) is 0 Å². The molecule has 0 radical (unpaired) electrons. The molecule has 0 spiro atoms. The van der Waals surface area contributed by atoms with E-state index in [1.165, 1.54) is 29.1 Å². The number of halogens is 1. The third-order valence-corrected chi connectivity index (χ3v) is 4.76. The van der Waals surface area contributed by atoms with Crippen molar-refractivity contribution in [3.8, 4) is 0 Å².